The van der Waals surface area contributed by atoms with Crippen LogP contribution in [-0.4, -0.2) is 12.3 Å². The van der Waals surface area contributed by atoms with Crippen LogP contribution in [0, 0.1) is 11.8 Å². The number of allylic oxidation sites excluding steroid dienone is 2. The number of carbonyl (C=O) groups excluding carboxylic acids is 1. The minimum absolute atomic E-state index is 0.209. The molecule has 0 aliphatic heterocycles. The van der Waals surface area contributed by atoms with Crippen LogP contribution in [0.1, 0.15) is 40.5 Å². The molecule has 0 rings (SSSR count). The summed E-state index contributed by atoms with van der Waals surface area (Å²) in [4.78, 5) is 11.5. The van der Waals surface area contributed by atoms with Crippen molar-refractivity contribution in [1.82, 2.24) is 0 Å². The molecule has 1 atom stereocenters. The lowest BCUT2D eigenvalue weighted by Gasteiger charge is -2.15. The fourth-order valence-corrected chi connectivity index (χ4v) is 1.59. The summed E-state index contributed by atoms with van der Waals surface area (Å²) < 4.78 is 0. The molecule has 0 aromatic carbocycles. The van der Waals surface area contributed by atoms with Gasteiger partial charge in [0.2, 0.25) is 0 Å². The maximum Gasteiger partial charge on any atom is 0.155 e. The summed E-state index contributed by atoms with van der Waals surface area (Å²) in [6.07, 6.45) is 3.35. The monoisotopic (exact) mass is 197 g/mol. The van der Waals surface area contributed by atoms with E-state index >= 15 is 0 Å². The Morgan fingerprint density at radius 1 is 1.36 bits per heavy atom. The average Bonchev–Trinajstić information content (AvgIpc) is 2.00. The van der Waals surface area contributed by atoms with E-state index in [1.165, 1.54) is 0 Å². The Labute approximate surface area is 87.6 Å². The predicted octanol–water partition coefficient (Wildman–Crippen LogP) is 2.53. The van der Waals surface area contributed by atoms with Gasteiger partial charge >= 0.3 is 0 Å². The summed E-state index contributed by atoms with van der Waals surface area (Å²) in [6, 6.07) is 0. The van der Waals surface area contributed by atoms with Crippen LogP contribution in [-0.2, 0) is 4.79 Å². The lowest BCUT2D eigenvalue weighted by atomic mass is 9.92. The van der Waals surface area contributed by atoms with Gasteiger partial charge in [0.05, 0.1) is 0 Å². The van der Waals surface area contributed by atoms with Crippen LogP contribution in [0.2, 0.25) is 0 Å². The second kappa shape index (κ2) is 6.77. The van der Waals surface area contributed by atoms with Gasteiger partial charge in [-0.1, -0.05) is 19.4 Å². The summed E-state index contributed by atoms with van der Waals surface area (Å²) in [5, 5.41) is 0. The van der Waals surface area contributed by atoms with Gasteiger partial charge in [-0.25, -0.2) is 0 Å². The first-order chi connectivity index (χ1) is 6.45. The molecule has 0 fully saturated rings. The molecule has 2 N–H and O–H groups in total. The standard InChI is InChI=1S/C12H23NO/c1-9(2)5-11(8-13)7-12(14)6-10(3)4/h6,9,11H,5,7-8,13H2,1-4H3. The van der Waals surface area contributed by atoms with Gasteiger partial charge in [0, 0.05) is 6.42 Å². The molecule has 14 heavy (non-hydrogen) atoms. The van der Waals surface area contributed by atoms with Crippen molar-refractivity contribution in [3.63, 3.8) is 0 Å². The molecule has 0 heterocycles. The van der Waals surface area contributed by atoms with E-state index in [-0.39, 0.29) is 5.78 Å². The molecule has 0 aromatic heterocycles. The highest BCUT2D eigenvalue weighted by atomic mass is 16.1. The first kappa shape index (κ1) is 13.4. The van der Waals surface area contributed by atoms with E-state index in [2.05, 4.69) is 13.8 Å². The fraction of sp³-hybridized carbons (Fsp3) is 0.750. The van der Waals surface area contributed by atoms with Gasteiger partial charge in [0.15, 0.2) is 5.78 Å². The highest BCUT2D eigenvalue weighted by Gasteiger charge is 2.12. The van der Waals surface area contributed by atoms with E-state index in [0.717, 1.165) is 12.0 Å². The summed E-state index contributed by atoms with van der Waals surface area (Å²) in [7, 11) is 0. The molecule has 0 saturated heterocycles. The van der Waals surface area contributed by atoms with E-state index in [4.69, 9.17) is 5.73 Å². The Kier molecular flexibility index (Phi) is 6.46. The molecule has 0 saturated carbocycles. The van der Waals surface area contributed by atoms with Crippen LogP contribution in [0.5, 0.6) is 0 Å². The average molecular weight is 197 g/mol. The maximum absolute atomic E-state index is 11.5. The number of nitrogens with two attached hydrogens (primary N) is 1. The molecular weight excluding hydrogens is 174 g/mol. The Balaban J connectivity index is 4.05. The molecule has 82 valence electrons. The van der Waals surface area contributed by atoms with Gasteiger partial charge in [-0.05, 0) is 44.7 Å². The first-order valence-electron chi connectivity index (χ1n) is 5.33. The molecular formula is C12H23NO. The van der Waals surface area contributed by atoms with Crippen LogP contribution in [0.4, 0.5) is 0 Å². The largest absolute Gasteiger partial charge is 0.330 e. The second-order valence-electron chi connectivity index (χ2n) is 4.62. The van der Waals surface area contributed by atoms with Crippen molar-refractivity contribution in [1.29, 1.82) is 0 Å². The molecule has 0 aliphatic rings. The zero-order valence-corrected chi connectivity index (χ0v) is 9.84. The van der Waals surface area contributed by atoms with Gasteiger partial charge in [0.25, 0.3) is 0 Å². The van der Waals surface area contributed by atoms with Gasteiger partial charge in [-0.3, -0.25) is 4.79 Å². The second-order valence-corrected chi connectivity index (χ2v) is 4.62. The van der Waals surface area contributed by atoms with E-state index in [1.807, 2.05) is 13.8 Å². The SMILES string of the molecule is CC(C)=CC(=O)CC(CN)CC(C)C. The zero-order valence-electron chi connectivity index (χ0n) is 9.84. The number of carbonyl (C=O) groups is 1. The molecule has 2 heteroatoms. The Hall–Kier alpha value is -0.630. The molecule has 0 bridgehead atoms. The molecule has 0 aliphatic carbocycles. The molecule has 0 amide bonds. The van der Waals surface area contributed by atoms with Crippen LogP contribution in [0.25, 0.3) is 0 Å². The summed E-state index contributed by atoms with van der Waals surface area (Å²) in [5.41, 5.74) is 6.69. The van der Waals surface area contributed by atoms with E-state index < -0.39 is 0 Å². The van der Waals surface area contributed by atoms with Crippen molar-refractivity contribution in [3.05, 3.63) is 11.6 Å². The van der Waals surface area contributed by atoms with Crippen molar-refractivity contribution in [3.8, 4) is 0 Å². The Bertz CT molecular complexity index is 202. The van der Waals surface area contributed by atoms with Crippen molar-refractivity contribution in [2.75, 3.05) is 6.54 Å². The van der Waals surface area contributed by atoms with Gasteiger partial charge in [-0.2, -0.15) is 0 Å². The third kappa shape index (κ3) is 6.84. The lowest BCUT2D eigenvalue weighted by Crippen LogP contribution is -2.19. The highest BCUT2D eigenvalue weighted by Crippen LogP contribution is 2.15. The normalized spacial score (nSPS) is 12.7. The fourth-order valence-electron chi connectivity index (χ4n) is 1.59. The molecule has 0 radical (unpaired) electrons. The minimum Gasteiger partial charge on any atom is -0.330 e. The maximum atomic E-state index is 11.5. The smallest absolute Gasteiger partial charge is 0.155 e. The predicted molar refractivity (Wildman–Crippen MR) is 61.1 cm³/mol. The van der Waals surface area contributed by atoms with Crippen LogP contribution in [0.3, 0.4) is 0 Å². The summed E-state index contributed by atoms with van der Waals surface area (Å²) in [6.45, 7) is 8.82. The van der Waals surface area contributed by atoms with Crippen molar-refractivity contribution in [2.24, 2.45) is 17.6 Å². The number of rotatable bonds is 6. The van der Waals surface area contributed by atoms with Crippen molar-refractivity contribution < 1.29 is 4.79 Å². The van der Waals surface area contributed by atoms with E-state index in [1.54, 1.807) is 6.08 Å². The zero-order chi connectivity index (χ0) is 11.1. The van der Waals surface area contributed by atoms with Gasteiger partial charge in [-0.15, -0.1) is 0 Å². The third-order valence-electron chi connectivity index (χ3n) is 2.08. The lowest BCUT2D eigenvalue weighted by molar-refractivity contribution is -0.115. The number of ketones is 1. The number of hydrogen-bond donors (Lipinski definition) is 1. The van der Waals surface area contributed by atoms with Gasteiger partial charge in [0.1, 0.15) is 0 Å². The first-order valence-corrected chi connectivity index (χ1v) is 5.33. The topological polar surface area (TPSA) is 43.1 Å². The van der Waals surface area contributed by atoms with E-state index in [9.17, 15) is 4.79 Å². The molecule has 1 unspecified atom stereocenters. The molecule has 0 aromatic rings. The summed E-state index contributed by atoms with van der Waals surface area (Å²) in [5.74, 6) is 1.17. The van der Waals surface area contributed by atoms with Crippen LogP contribution in [0.15, 0.2) is 11.6 Å². The van der Waals surface area contributed by atoms with Gasteiger partial charge < -0.3 is 5.73 Å². The number of hydrogen-bond acceptors (Lipinski definition) is 2. The summed E-state index contributed by atoms with van der Waals surface area (Å²) >= 11 is 0. The molecule has 2 nitrogen and oxygen atoms in total. The highest BCUT2D eigenvalue weighted by molar-refractivity contribution is 5.90. The van der Waals surface area contributed by atoms with E-state index in [0.29, 0.717) is 24.8 Å². The Morgan fingerprint density at radius 2 is 1.93 bits per heavy atom. The Morgan fingerprint density at radius 3 is 2.29 bits per heavy atom. The third-order valence-corrected chi connectivity index (χ3v) is 2.08. The van der Waals surface area contributed by atoms with Crippen LogP contribution < -0.4 is 5.73 Å². The minimum atomic E-state index is 0.209. The van der Waals surface area contributed by atoms with Crippen molar-refractivity contribution in [2.45, 2.75) is 40.5 Å². The quantitative estimate of drug-likeness (QED) is 0.665. The molecule has 0 spiro atoms. The van der Waals surface area contributed by atoms with Crippen LogP contribution >= 0.6 is 0 Å². The van der Waals surface area contributed by atoms with Crippen molar-refractivity contribution >= 4 is 5.78 Å².